The van der Waals surface area contributed by atoms with E-state index in [1.54, 1.807) is 39.8 Å². The van der Waals surface area contributed by atoms with E-state index in [2.05, 4.69) is 0 Å². The molecule has 0 spiro atoms. The van der Waals surface area contributed by atoms with Gasteiger partial charge in [0.1, 0.15) is 11.4 Å². The Bertz CT molecular complexity index is 656. The third-order valence-electron chi connectivity index (χ3n) is 3.40. The van der Waals surface area contributed by atoms with Crippen LogP contribution in [-0.4, -0.2) is 36.5 Å². The summed E-state index contributed by atoms with van der Waals surface area (Å²) in [6.45, 7) is 7.38. The minimum Gasteiger partial charge on any atom is -0.492 e. The number of Topliss-reactive ketones (excluding diaryl/α,β-unsaturated/α-hetero) is 1. The van der Waals surface area contributed by atoms with Crippen LogP contribution in [0.2, 0.25) is 0 Å². The van der Waals surface area contributed by atoms with Gasteiger partial charge in [0.2, 0.25) is 0 Å². The van der Waals surface area contributed by atoms with Crippen LogP contribution in [0.15, 0.2) is 18.2 Å². The predicted molar refractivity (Wildman–Crippen MR) is 86.2 cm³/mol. The highest BCUT2D eigenvalue weighted by Crippen LogP contribution is 2.30. The molecule has 1 heterocycles. The molecule has 6 heteroatoms. The summed E-state index contributed by atoms with van der Waals surface area (Å²) in [5.74, 6) is -1.39. The largest absolute Gasteiger partial charge is 0.492 e. The minimum atomic E-state index is -0.621. The predicted octanol–water partition coefficient (Wildman–Crippen LogP) is 2.79. The Morgan fingerprint density at radius 1 is 1.29 bits per heavy atom. The average molecular weight is 334 g/mol. The van der Waals surface area contributed by atoms with Crippen molar-refractivity contribution in [1.29, 1.82) is 0 Å². The number of benzene rings is 1. The first kappa shape index (κ1) is 18.0. The van der Waals surface area contributed by atoms with E-state index >= 15 is 0 Å². The van der Waals surface area contributed by atoms with Crippen molar-refractivity contribution in [2.75, 3.05) is 13.2 Å². The SMILES string of the molecule is CCOC(=O)c1ccc2c(c1)C(=O)[C@@H](CC(=O)OC(C)(C)C)CO2. The van der Waals surface area contributed by atoms with Crippen LogP contribution in [0.3, 0.4) is 0 Å². The molecule has 1 aromatic rings. The monoisotopic (exact) mass is 334 g/mol. The van der Waals surface area contributed by atoms with E-state index in [0.29, 0.717) is 11.3 Å². The lowest BCUT2D eigenvalue weighted by Gasteiger charge is -2.25. The summed E-state index contributed by atoms with van der Waals surface area (Å²) >= 11 is 0. The molecule has 1 aliphatic heterocycles. The molecule has 0 fully saturated rings. The minimum absolute atomic E-state index is 0.0564. The summed E-state index contributed by atoms with van der Waals surface area (Å²) in [6.07, 6.45) is -0.0564. The molecule has 130 valence electrons. The van der Waals surface area contributed by atoms with Crippen LogP contribution in [0.4, 0.5) is 0 Å². The molecular weight excluding hydrogens is 312 g/mol. The number of ketones is 1. The van der Waals surface area contributed by atoms with Gasteiger partial charge in [-0.25, -0.2) is 4.79 Å². The number of hydrogen-bond donors (Lipinski definition) is 0. The van der Waals surface area contributed by atoms with E-state index in [0.717, 1.165) is 0 Å². The Kier molecular flexibility index (Phi) is 5.26. The van der Waals surface area contributed by atoms with Crippen LogP contribution in [0, 0.1) is 5.92 Å². The van der Waals surface area contributed by atoms with Gasteiger partial charge in [-0.15, -0.1) is 0 Å². The summed E-state index contributed by atoms with van der Waals surface area (Å²) < 4.78 is 15.7. The highest BCUT2D eigenvalue weighted by molar-refractivity contribution is 6.04. The lowest BCUT2D eigenvalue weighted by molar-refractivity contribution is -0.155. The summed E-state index contributed by atoms with van der Waals surface area (Å²) in [5, 5.41) is 0. The second-order valence-electron chi connectivity index (χ2n) is 6.59. The Morgan fingerprint density at radius 2 is 2.00 bits per heavy atom. The first-order valence-corrected chi connectivity index (χ1v) is 7.91. The van der Waals surface area contributed by atoms with Gasteiger partial charge in [-0.2, -0.15) is 0 Å². The maximum atomic E-state index is 12.6. The molecule has 1 atom stereocenters. The number of fused-ring (bicyclic) bond motifs is 1. The number of carbonyl (C=O) groups is 3. The fourth-order valence-electron chi connectivity index (χ4n) is 2.41. The van der Waals surface area contributed by atoms with Crippen LogP contribution >= 0.6 is 0 Å². The van der Waals surface area contributed by atoms with E-state index in [4.69, 9.17) is 14.2 Å². The standard InChI is InChI=1S/C18H22O6/c1-5-22-17(21)11-6-7-14-13(8-11)16(20)12(10-23-14)9-15(19)24-18(2,3)4/h6-8,12H,5,9-10H2,1-4H3/t12-/m0/s1. The van der Waals surface area contributed by atoms with Crippen LogP contribution in [0.1, 0.15) is 54.8 Å². The van der Waals surface area contributed by atoms with E-state index in [1.807, 2.05) is 0 Å². The first-order valence-electron chi connectivity index (χ1n) is 7.91. The van der Waals surface area contributed by atoms with Crippen molar-refractivity contribution in [3.05, 3.63) is 29.3 Å². The Hall–Kier alpha value is -2.37. The second kappa shape index (κ2) is 7.03. The molecule has 2 rings (SSSR count). The van der Waals surface area contributed by atoms with Crippen LogP contribution in [0.5, 0.6) is 5.75 Å². The number of esters is 2. The van der Waals surface area contributed by atoms with Gasteiger partial charge in [-0.1, -0.05) is 0 Å². The molecule has 0 saturated carbocycles. The smallest absolute Gasteiger partial charge is 0.338 e. The third kappa shape index (κ3) is 4.34. The maximum absolute atomic E-state index is 12.6. The zero-order chi connectivity index (χ0) is 17.9. The van der Waals surface area contributed by atoms with Crippen molar-refractivity contribution in [3.63, 3.8) is 0 Å². The van der Waals surface area contributed by atoms with Crippen molar-refractivity contribution in [2.24, 2.45) is 5.92 Å². The lowest BCUT2D eigenvalue weighted by Crippen LogP contribution is -2.32. The van der Waals surface area contributed by atoms with Gasteiger partial charge >= 0.3 is 11.9 Å². The van der Waals surface area contributed by atoms with Crippen molar-refractivity contribution < 1.29 is 28.6 Å². The molecule has 0 aliphatic carbocycles. The lowest BCUT2D eigenvalue weighted by atomic mass is 9.91. The van der Waals surface area contributed by atoms with Crippen LogP contribution in [-0.2, 0) is 14.3 Å². The van der Waals surface area contributed by atoms with Gasteiger partial charge in [-0.3, -0.25) is 9.59 Å². The number of ether oxygens (including phenoxy) is 3. The van der Waals surface area contributed by atoms with Gasteiger partial charge < -0.3 is 14.2 Å². The second-order valence-corrected chi connectivity index (χ2v) is 6.59. The average Bonchev–Trinajstić information content (AvgIpc) is 2.48. The van der Waals surface area contributed by atoms with Gasteiger partial charge in [0.15, 0.2) is 5.78 Å². The molecule has 0 radical (unpaired) electrons. The molecule has 0 bridgehead atoms. The molecule has 6 nitrogen and oxygen atoms in total. The fourth-order valence-corrected chi connectivity index (χ4v) is 2.41. The van der Waals surface area contributed by atoms with Crippen molar-refractivity contribution >= 4 is 17.7 Å². The van der Waals surface area contributed by atoms with Gasteiger partial charge in [0.25, 0.3) is 0 Å². The molecule has 0 saturated heterocycles. The third-order valence-corrected chi connectivity index (χ3v) is 3.40. The zero-order valence-electron chi connectivity index (χ0n) is 14.4. The molecule has 0 amide bonds. The van der Waals surface area contributed by atoms with Crippen LogP contribution in [0.25, 0.3) is 0 Å². The molecule has 24 heavy (non-hydrogen) atoms. The highest BCUT2D eigenvalue weighted by atomic mass is 16.6. The summed E-state index contributed by atoms with van der Waals surface area (Å²) in [5.41, 5.74) is -0.0317. The zero-order valence-corrected chi connectivity index (χ0v) is 14.4. The van der Waals surface area contributed by atoms with E-state index in [-0.39, 0.29) is 31.0 Å². The molecular formula is C18H22O6. The van der Waals surface area contributed by atoms with Crippen molar-refractivity contribution in [1.82, 2.24) is 0 Å². The van der Waals surface area contributed by atoms with Gasteiger partial charge in [0.05, 0.1) is 36.7 Å². The van der Waals surface area contributed by atoms with E-state index in [9.17, 15) is 14.4 Å². The number of carbonyl (C=O) groups excluding carboxylic acids is 3. The molecule has 0 N–H and O–H groups in total. The van der Waals surface area contributed by atoms with Crippen molar-refractivity contribution in [2.45, 2.75) is 39.7 Å². The van der Waals surface area contributed by atoms with Crippen LogP contribution < -0.4 is 4.74 Å². The van der Waals surface area contributed by atoms with Gasteiger partial charge in [-0.05, 0) is 45.9 Å². The summed E-state index contributed by atoms with van der Waals surface area (Å²) in [6, 6.07) is 4.58. The molecule has 1 aliphatic rings. The fraction of sp³-hybridized carbons (Fsp3) is 0.500. The van der Waals surface area contributed by atoms with E-state index in [1.165, 1.54) is 6.07 Å². The van der Waals surface area contributed by atoms with Crippen molar-refractivity contribution in [3.8, 4) is 5.75 Å². The summed E-state index contributed by atoms with van der Waals surface area (Å²) in [7, 11) is 0. The Balaban J connectivity index is 2.15. The first-order chi connectivity index (χ1) is 11.2. The van der Waals surface area contributed by atoms with Gasteiger partial charge in [0, 0.05) is 0 Å². The maximum Gasteiger partial charge on any atom is 0.338 e. The normalized spacial score (nSPS) is 16.8. The number of rotatable bonds is 4. The number of hydrogen-bond acceptors (Lipinski definition) is 6. The quantitative estimate of drug-likeness (QED) is 0.788. The topological polar surface area (TPSA) is 78.9 Å². The molecule has 0 unspecified atom stereocenters. The highest BCUT2D eigenvalue weighted by Gasteiger charge is 2.32. The molecule has 1 aromatic carbocycles. The summed E-state index contributed by atoms with van der Waals surface area (Å²) in [4.78, 5) is 36.4. The molecule has 0 aromatic heterocycles. The Labute approximate surface area is 141 Å². The Morgan fingerprint density at radius 3 is 2.62 bits per heavy atom. The van der Waals surface area contributed by atoms with E-state index < -0.39 is 23.5 Å².